The minimum atomic E-state index is -0.862. The second-order valence-corrected chi connectivity index (χ2v) is 5.52. The lowest BCUT2D eigenvalue weighted by atomic mass is 9.85. The Kier molecular flexibility index (Phi) is 4.82. The first-order chi connectivity index (χ1) is 9.59. The Morgan fingerprint density at radius 2 is 2.00 bits per heavy atom. The van der Waals surface area contributed by atoms with Crippen LogP contribution in [-0.2, 0) is 11.3 Å². The first-order valence-corrected chi connectivity index (χ1v) is 7.30. The number of nitrogens with zero attached hydrogens (tertiary/aromatic N) is 1. The summed E-state index contributed by atoms with van der Waals surface area (Å²) in [4.78, 5) is 22.2. The summed E-state index contributed by atoms with van der Waals surface area (Å²) in [6.07, 6.45) is 8.50. The first kappa shape index (κ1) is 14.6. The summed E-state index contributed by atoms with van der Waals surface area (Å²) < 4.78 is 2.00. The molecule has 1 fully saturated rings. The maximum Gasteiger partial charge on any atom is 0.337 e. The molecule has 20 heavy (non-hydrogen) atoms. The van der Waals surface area contributed by atoms with Gasteiger partial charge in [-0.3, -0.25) is 4.79 Å². The van der Waals surface area contributed by atoms with E-state index >= 15 is 0 Å². The zero-order valence-electron chi connectivity index (χ0n) is 11.7. The van der Waals surface area contributed by atoms with Crippen LogP contribution < -0.4 is 5.73 Å². The molecule has 0 unspecified atom stereocenters. The molecule has 1 aliphatic rings. The van der Waals surface area contributed by atoms with E-state index in [1.807, 2.05) is 10.8 Å². The van der Waals surface area contributed by atoms with Gasteiger partial charge in [0, 0.05) is 30.8 Å². The summed E-state index contributed by atoms with van der Waals surface area (Å²) in [5.74, 6) is -0.840. The molecule has 0 aromatic carbocycles. The van der Waals surface area contributed by atoms with Crippen LogP contribution in [0, 0.1) is 0 Å². The third-order valence-electron chi connectivity index (χ3n) is 4.05. The van der Waals surface area contributed by atoms with Gasteiger partial charge >= 0.3 is 5.97 Å². The molecule has 1 aromatic rings. The number of aromatic carboxylic acids is 1. The molecule has 110 valence electrons. The van der Waals surface area contributed by atoms with Crippen molar-refractivity contribution < 1.29 is 14.7 Å². The van der Waals surface area contributed by atoms with Crippen molar-refractivity contribution >= 4 is 11.9 Å². The van der Waals surface area contributed by atoms with Crippen molar-refractivity contribution in [2.75, 3.05) is 0 Å². The van der Waals surface area contributed by atoms with E-state index in [9.17, 15) is 14.7 Å². The molecule has 0 atom stereocenters. The minimum absolute atomic E-state index is 0.310. The smallest absolute Gasteiger partial charge is 0.337 e. The van der Waals surface area contributed by atoms with Crippen molar-refractivity contribution in [1.29, 1.82) is 0 Å². The standard InChI is InChI=1S/C15H22N2O3/c16-13(18)7-4-9-17-10-8-12(15(19)20)14(17)11-5-2-1-3-6-11/h8,10-11H,1-7,9H2,(H2,16,18)(H,19,20). The van der Waals surface area contributed by atoms with Crippen LogP contribution in [0.3, 0.4) is 0 Å². The van der Waals surface area contributed by atoms with Gasteiger partial charge in [0.1, 0.15) is 0 Å². The summed E-state index contributed by atoms with van der Waals surface area (Å²) in [6.45, 7) is 0.655. The predicted octanol–water partition coefficient (Wildman–Crippen LogP) is 2.50. The van der Waals surface area contributed by atoms with Gasteiger partial charge in [-0.2, -0.15) is 0 Å². The van der Waals surface area contributed by atoms with Gasteiger partial charge in [0.05, 0.1) is 5.56 Å². The number of amides is 1. The lowest BCUT2D eigenvalue weighted by Gasteiger charge is -2.24. The number of nitrogens with two attached hydrogens (primary N) is 1. The zero-order valence-corrected chi connectivity index (χ0v) is 11.7. The van der Waals surface area contributed by atoms with Gasteiger partial charge in [-0.25, -0.2) is 4.79 Å². The SMILES string of the molecule is NC(=O)CCCn1ccc(C(=O)O)c1C1CCCCC1. The molecule has 1 aromatic heterocycles. The van der Waals surface area contributed by atoms with Crippen LogP contribution in [0.15, 0.2) is 12.3 Å². The molecule has 0 radical (unpaired) electrons. The molecular formula is C15H22N2O3. The zero-order chi connectivity index (χ0) is 14.5. The molecule has 0 aliphatic heterocycles. The topological polar surface area (TPSA) is 85.3 Å². The second kappa shape index (κ2) is 6.59. The van der Waals surface area contributed by atoms with Crippen LogP contribution in [0.5, 0.6) is 0 Å². The molecule has 1 amide bonds. The van der Waals surface area contributed by atoms with Gasteiger partial charge in [0.25, 0.3) is 0 Å². The Hall–Kier alpha value is -1.78. The van der Waals surface area contributed by atoms with Crippen molar-refractivity contribution in [3.05, 3.63) is 23.5 Å². The Morgan fingerprint density at radius 1 is 1.30 bits per heavy atom. The molecule has 3 N–H and O–H groups in total. The molecule has 5 nitrogen and oxygen atoms in total. The van der Waals surface area contributed by atoms with Gasteiger partial charge in [-0.1, -0.05) is 19.3 Å². The largest absolute Gasteiger partial charge is 0.478 e. The van der Waals surface area contributed by atoms with E-state index in [1.54, 1.807) is 6.07 Å². The number of hydrogen-bond acceptors (Lipinski definition) is 2. The van der Waals surface area contributed by atoms with Crippen LogP contribution in [0.4, 0.5) is 0 Å². The van der Waals surface area contributed by atoms with E-state index in [4.69, 9.17) is 5.73 Å². The number of rotatable bonds is 6. The fourth-order valence-electron chi connectivity index (χ4n) is 3.11. The predicted molar refractivity (Wildman–Crippen MR) is 75.6 cm³/mol. The highest BCUT2D eigenvalue weighted by Gasteiger charge is 2.24. The van der Waals surface area contributed by atoms with Crippen molar-refractivity contribution in [2.45, 2.75) is 57.4 Å². The third-order valence-corrected chi connectivity index (χ3v) is 4.05. The summed E-state index contributed by atoms with van der Waals surface area (Å²) in [6, 6.07) is 1.68. The van der Waals surface area contributed by atoms with Crippen LogP contribution in [0.2, 0.25) is 0 Å². The quantitative estimate of drug-likeness (QED) is 0.838. The Labute approximate surface area is 118 Å². The molecular weight excluding hydrogens is 256 g/mol. The van der Waals surface area contributed by atoms with Gasteiger partial charge in [-0.15, -0.1) is 0 Å². The van der Waals surface area contributed by atoms with Crippen molar-refractivity contribution in [3.8, 4) is 0 Å². The maximum absolute atomic E-state index is 11.4. The van der Waals surface area contributed by atoms with Crippen LogP contribution in [0.1, 0.15) is 66.9 Å². The van der Waals surface area contributed by atoms with Gasteiger partial charge in [0.2, 0.25) is 5.91 Å². The number of carbonyl (C=O) groups excluding carboxylic acids is 1. The number of primary amides is 1. The maximum atomic E-state index is 11.4. The second-order valence-electron chi connectivity index (χ2n) is 5.52. The van der Waals surface area contributed by atoms with E-state index in [1.165, 1.54) is 6.42 Å². The lowest BCUT2D eigenvalue weighted by molar-refractivity contribution is -0.118. The number of aromatic nitrogens is 1. The number of aryl methyl sites for hydroxylation is 1. The first-order valence-electron chi connectivity index (χ1n) is 7.30. The van der Waals surface area contributed by atoms with E-state index < -0.39 is 5.97 Å². The molecule has 1 saturated carbocycles. The van der Waals surface area contributed by atoms with Crippen LogP contribution in [-0.4, -0.2) is 21.6 Å². The van der Waals surface area contributed by atoms with E-state index in [-0.39, 0.29) is 5.91 Å². The Morgan fingerprint density at radius 3 is 2.60 bits per heavy atom. The average molecular weight is 278 g/mol. The van der Waals surface area contributed by atoms with Crippen LogP contribution in [0.25, 0.3) is 0 Å². The molecule has 0 saturated heterocycles. The summed E-state index contributed by atoms with van der Waals surface area (Å²) in [5, 5.41) is 9.34. The average Bonchev–Trinajstić information content (AvgIpc) is 2.83. The fourth-order valence-corrected chi connectivity index (χ4v) is 3.11. The minimum Gasteiger partial charge on any atom is -0.478 e. The molecule has 1 aliphatic carbocycles. The van der Waals surface area contributed by atoms with Crippen molar-refractivity contribution in [2.24, 2.45) is 5.73 Å². The number of carboxylic acids is 1. The summed E-state index contributed by atoms with van der Waals surface area (Å²) >= 11 is 0. The Balaban J connectivity index is 2.17. The number of carboxylic acid groups (broad SMARTS) is 1. The molecule has 0 bridgehead atoms. The van der Waals surface area contributed by atoms with Gasteiger partial charge in [-0.05, 0) is 25.3 Å². The molecule has 1 heterocycles. The van der Waals surface area contributed by atoms with E-state index in [0.717, 1.165) is 31.4 Å². The van der Waals surface area contributed by atoms with E-state index in [2.05, 4.69) is 0 Å². The third kappa shape index (κ3) is 3.40. The van der Waals surface area contributed by atoms with Crippen molar-refractivity contribution in [3.63, 3.8) is 0 Å². The fraction of sp³-hybridized carbons (Fsp3) is 0.600. The summed E-state index contributed by atoms with van der Waals surface area (Å²) in [7, 11) is 0. The van der Waals surface area contributed by atoms with Crippen molar-refractivity contribution in [1.82, 2.24) is 4.57 Å². The summed E-state index contributed by atoms with van der Waals surface area (Å²) in [5.41, 5.74) is 6.49. The van der Waals surface area contributed by atoms with Gasteiger partial charge < -0.3 is 15.4 Å². The lowest BCUT2D eigenvalue weighted by Crippen LogP contribution is -2.16. The highest BCUT2D eigenvalue weighted by atomic mass is 16.4. The number of carbonyl (C=O) groups is 2. The monoisotopic (exact) mass is 278 g/mol. The van der Waals surface area contributed by atoms with E-state index in [0.29, 0.717) is 30.9 Å². The van der Waals surface area contributed by atoms with Gasteiger partial charge in [0.15, 0.2) is 0 Å². The molecule has 2 rings (SSSR count). The molecule has 5 heteroatoms. The highest BCUT2D eigenvalue weighted by molar-refractivity contribution is 5.89. The van der Waals surface area contributed by atoms with Crippen LogP contribution >= 0.6 is 0 Å². The highest BCUT2D eigenvalue weighted by Crippen LogP contribution is 2.35. The number of hydrogen-bond donors (Lipinski definition) is 2. The Bertz CT molecular complexity index is 487. The normalized spacial score (nSPS) is 16.2. The molecule has 0 spiro atoms.